The van der Waals surface area contributed by atoms with E-state index in [4.69, 9.17) is 16.7 Å². The van der Waals surface area contributed by atoms with E-state index in [1.807, 2.05) is 12.1 Å². The minimum absolute atomic E-state index is 0.277. The first kappa shape index (κ1) is 10.7. The van der Waals surface area contributed by atoms with E-state index in [9.17, 15) is 4.79 Å². The van der Waals surface area contributed by atoms with Gasteiger partial charge in [0.2, 0.25) is 5.88 Å². The molecule has 16 heavy (non-hydrogen) atoms. The Bertz CT molecular complexity index is 566. The van der Waals surface area contributed by atoms with Crippen molar-refractivity contribution in [2.45, 2.75) is 6.42 Å². The molecule has 0 atom stereocenters. The van der Waals surface area contributed by atoms with Crippen molar-refractivity contribution in [2.75, 3.05) is 0 Å². The van der Waals surface area contributed by atoms with Crippen molar-refractivity contribution in [3.63, 3.8) is 0 Å². The molecule has 2 aromatic rings. The molecule has 0 unspecified atom stereocenters. The van der Waals surface area contributed by atoms with Gasteiger partial charge < -0.3 is 10.1 Å². The highest BCUT2D eigenvalue weighted by atomic mass is 35.5. The molecule has 0 saturated heterocycles. The van der Waals surface area contributed by atoms with Crippen molar-refractivity contribution in [2.24, 2.45) is 0 Å². The van der Waals surface area contributed by atoms with Crippen LogP contribution in [-0.4, -0.2) is 15.1 Å². The Morgan fingerprint density at radius 3 is 2.88 bits per heavy atom. The molecule has 0 spiro atoms. The van der Waals surface area contributed by atoms with Crippen LogP contribution in [0.25, 0.3) is 0 Å². The van der Waals surface area contributed by atoms with Crippen LogP contribution < -0.4 is 5.56 Å². The lowest BCUT2D eigenvalue weighted by Gasteiger charge is -2.01. The molecule has 5 heteroatoms. The summed E-state index contributed by atoms with van der Waals surface area (Å²) < 4.78 is 0. The quantitative estimate of drug-likeness (QED) is 0.834. The Kier molecular flexibility index (Phi) is 2.92. The lowest BCUT2D eigenvalue weighted by Crippen LogP contribution is -2.09. The highest BCUT2D eigenvalue weighted by Crippen LogP contribution is 2.13. The van der Waals surface area contributed by atoms with E-state index >= 15 is 0 Å². The molecule has 82 valence electrons. The normalized spacial score (nSPS) is 10.3. The molecular formula is C11H9ClN2O2. The molecule has 4 nitrogen and oxygen atoms in total. The zero-order chi connectivity index (χ0) is 11.5. The van der Waals surface area contributed by atoms with Gasteiger partial charge >= 0.3 is 0 Å². The van der Waals surface area contributed by atoms with E-state index in [2.05, 4.69) is 9.97 Å². The standard InChI is InChI=1S/C11H9ClN2O2/c12-8-3-1-2-7(4-8)5-9-13-10(15)6-11(16)14-9/h1-4,6H,5H2,(H2,13,14,15,16). The predicted octanol–water partition coefficient (Wildman–Crippen LogP) is 1.72. The molecule has 0 bridgehead atoms. The number of benzene rings is 1. The second-order valence-electron chi connectivity index (χ2n) is 3.36. The second kappa shape index (κ2) is 4.37. The van der Waals surface area contributed by atoms with Crippen LogP contribution in [0.3, 0.4) is 0 Å². The van der Waals surface area contributed by atoms with Gasteiger partial charge in [-0.15, -0.1) is 0 Å². The van der Waals surface area contributed by atoms with Crippen molar-refractivity contribution >= 4 is 11.6 Å². The minimum atomic E-state index is -0.371. The van der Waals surface area contributed by atoms with Crippen LogP contribution in [0.4, 0.5) is 0 Å². The second-order valence-corrected chi connectivity index (χ2v) is 3.79. The summed E-state index contributed by atoms with van der Waals surface area (Å²) in [7, 11) is 0. The Labute approximate surface area is 96.6 Å². The topological polar surface area (TPSA) is 66.0 Å². The Balaban J connectivity index is 2.30. The summed E-state index contributed by atoms with van der Waals surface area (Å²) in [5.41, 5.74) is 0.547. The van der Waals surface area contributed by atoms with Crippen LogP contribution in [0, 0.1) is 0 Å². The fourth-order valence-electron chi connectivity index (χ4n) is 1.42. The van der Waals surface area contributed by atoms with Gasteiger partial charge in [0, 0.05) is 11.4 Å². The molecule has 0 fully saturated rings. The molecule has 0 amide bonds. The van der Waals surface area contributed by atoms with Gasteiger partial charge in [-0.3, -0.25) is 4.79 Å². The minimum Gasteiger partial charge on any atom is -0.493 e. The van der Waals surface area contributed by atoms with Crippen molar-refractivity contribution in [1.82, 2.24) is 9.97 Å². The van der Waals surface area contributed by atoms with Crippen LogP contribution in [0.5, 0.6) is 5.88 Å². The van der Waals surface area contributed by atoms with Gasteiger partial charge in [-0.2, -0.15) is 4.98 Å². The summed E-state index contributed by atoms with van der Waals surface area (Å²) in [6.07, 6.45) is 0.421. The maximum atomic E-state index is 11.1. The van der Waals surface area contributed by atoms with Gasteiger partial charge in [-0.05, 0) is 17.7 Å². The molecule has 2 rings (SSSR count). The van der Waals surface area contributed by atoms with Crippen molar-refractivity contribution in [3.05, 3.63) is 57.1 Å². The average Bonchev–Trinajstić information content (AvgIpc) is 2.15. The molecule has 0 aliphatic heterocycles. The number of nitrogens with one attached hydrogen (secondary N) is 1. The Morgan fingerprint density at radius 1 is 1.38 bits per heavy atom. The SMILES string of the molecule is O=c1cc(O)nc(Cc2cccc(Cl)c2)[nH]1. The van der Waals surface area contributed by atoms with Crippen LogP contribution in [0.15, 0.2) is 35.1 Å². The number of nitrogens with zero attached hydrogens (tertiary/aromatic N) is 1. The van der Waals surface area contributed by atoms with E-state index in [-0.39, 0.29) is 11.4 Å². The number of aromatic nitrogens is 2. The number of aromatic hydroxyl groups is 1. The fourth-order valence-corrected chi connectivity index (χ4v) is 1.63. The lowest BCUT2D eigenvalue weighted by molar-refractivity contribution is 0.448. The van der Waals surface area contributed by atoms with Gasteiger partial charge in [0.1, 0.15) is 5.82 Å². The highest BCUT2D eigenvalue weighted by Gasteiger charge is 2.02. The number of H-pyrrole nitrogens is 1. The summed E-state index contributed by atoms with van der Waals surface area (Å²) in [6.45, 7) is 0. The molecule has 0 saturated carbocycles. The molecule has 1 heterocycles. The highest BCUT2D eigenvalue weighted by molar-refractivity contribution is 6.30. The molecule has 2 N–H and O–H groups in total. The van der Waals surface area contributed by atoms with Crippen LogP contribution in [-0.2, 0) is 6.42 Å². The number of hydrogen-bond acceptors (Lipinski definition) is 3. The first-order chi connectivity index (χ1) is 7.63. The summed E-state index contributed by atoms with van der Waals surface area (Å²) in [5.74, 6) is 0.132. The largest absolute Gasteiger partial charge is 0.493 e. The molecular weight excluding hydrogens is 228 g/mol. The van der Waals surface area contributed by atoms with Crippen LogP contribution in [0.1, 0.15) is 11.4 Å². The zero-order valence-electron chi connectivity index (χ0n) is 8.27. The van der Waals surface area contributed by atoms with Gasteiger partial charge in [0.05, 0.1) is 6.07 Å². The number of aromatic amines is 1. The summed E-state index contributed by atoms with van der Waals surface area (Å²) in [4.78, 5) is 17.4. The van der Waals surface area contributed by atoms with E-state index in [0.717, 1.165) is 11.6 Å². The van der Waals surface area contributed by atoms with E-state index < -0.39 is 0 Å². The van der Waals surface area contributed by atoms with E-state index in [1.54, 1.807) is 12.1 Å². The molecule has 0 aliphatic carbocycles. The molecule has 0 aliphatic rings. The van der Waals surface area contributed by atoms with Crippen molar-refractivity contribution in [3.8, 4) is 5.88 Å². The first-order valence-corrected chi connectivity index (χ1v) is 5.05. The van der Waals surface area contributed by atoms with Gasteiger partial charge in [-0.25, -0.2) is 0 Å². The summed E-state index contributed by atoms with van der Waals surface area (Å²) in [6, 6.07) is 8.27. The molecule has 0 radical (unpaired) electrons. The monoisotopic (exact) mass is 236 g/mol. The Hall–Kier alpha value is -1.81. The first-order valence-electron chi connectivity index (χ1n) is 4.67. The van der Waals surface area contributed by atoms with Crippen LogP contribution in [0.2, 0.25) is 5.02 Å². The Morgan fingerprint density at radius 2 is 2.19 bits per heavy atom. The van der Waals surface area contributed by atoms with Crippen LogP contribution >= 0.6 is 11.6 Å². The molecule has 1 aromatic heterocycles. The van der Waals surface area contributed by atoms with Gasteiger partial charge in [-0.1, -0.05) is 23.7 Å². The third-order valence-electron chi connectivity index (χ3n) is 2.04. The van der Waals surface area contributed by atoms with Gasteiger partial charge in [0.25, 0.3) is 5.56 Å². The number of halogens is 1. The van der Waals surface area contributed by atoms with Gasteiger partial charge in [0.15, 0.2) is 0 Å². The number of hydrogen-bond donors (Lipinski definition) is 2. The van der Waals surface area contributed by atoms with E-state index in [0.29, 0.717) is 17.3 Å². The zero-order valence-corrected chi connectivity index (χ0v) is 9.03. The summed E-state index contributed by atoms with van der Waals surface area (Å²) in [5, 5.41) is 9.79. The predicted molar refractivity (Wildman–Crippen MR) is 60.8 cm³/mol. The number of rotatable bonds is 2. The summed E-state index contributed by atoms with van der Waals surface area (Å²) >= 11 is 5.83. The maximum absolute atomic E-state index is 11.1. The van der Waals surface area contributed by atoms with Crippen molar-refractivity contribution < 1.29 is 5.11 Å². The third-order valence-corrected chi connectivity index (χ3v) is 2.27. The van der Waals surface area contributed by atoms with Crippen molar-refractivity contribution in [1.29, 1.82) is 0 Å². The third kappa shape index (κ3) is 2.61. The smallest absolute Gasteiger partial charge is 0.254 e. The molecule has 1 aromatic carbocycles. The van der Waals surface area contributed by atoms with E-state index in [1.165, 1.54) is 0 Å². The maximum Gasteiger partial charge on any atom is 0.254 e. The lowest BCUT2D eigenvalue weighted by atomic mass is 10.1. The average molecular weight is 237 g/mol. The fraction of sp³-hybridized carbons (Fsp3) is 0.0909.